The van der Waals surface area contributed by atoms with Gasteiger partial charge in [-0.05, 0) is 69.1 Å². The molecule has 1 aromatic rings. The van der Waals surface area contributed by atoms with Gasteiger partial charge >= 0.3 is 6.03 Å². The largest absolute Gasteiger partial charge is 0.491 e. The molecule has 3 N–H and O–H groups in total. The van der Waals surface area contributed by atoms with E-state index in [0.717, 1.165) is 11.3 Å². The maximum atomic E-state index is 12.1. The summed E-state index contributed by atoms with van der Waals surface area (Å²) < 4.78 is 5.64. The Labute approximate surface area is 143 Å². The second-order valence-electron chi connectivity index (χ2n) is 7.31. The van der Waals surface area contributed by atoms with Crippen LogP contribution in [0, 0.1) is 11.8 Å². The van der Waals surface area contributed by atoms with Crippen LogP contribution in [0.2, 0.25) is 0 Å². The summed E-state index contributed by atoms with van der Waals surface area (Å²) in [6.07, 6.45) is 4.26. The Kier molecular flexibility index (Phi) is 5.29. The summed E-state index contributed by atoms with van der Waals surface area (Å²) in [4.78, 5) is 12.1. The van der Waals surface area contributed by atoms with E-state index in [1.54, 1.807) is 0 Å². The van der Waals surface area contributed by atoms with E-state index < -0.39 is 6.10 Å². The van der Waals surface area contributed by atoms with Gasteiger partial charge in [0.1, 0.15) is 5.75 Å². The molecule has 24 heavy (non-hydrogen) atoms. The summed E-state index contributed by atoms with van der Waals surface area (Å²) in [6, 6.07) is 7.53. The third-order valence-corrected chi connectivity index (χ3v) is 4.63. The Morgan fingerprint density at radius 3 is 2.50 bits per heavy atom. The number of hydrogen-bond donors (Lipinski definition) is 3. The van der Waals surface area contributed by atoms with Gasteiger partial charge in [-0.25, -0.2) is 4.79 Å². The third kappa shape index (κ3) is 4.87. The van der Waals surface area contributed by atoms with Gasteiger partial charge in [-0.1, -0.05) is 12.1 Å². The summed E-state index contributed by atoms with van der Waals surface area (Å²) >= 11 is 0. The van der Waals surface area contributed by atoms with E-state index in [0.29, 0.717) is 17.9 Å². The van der Waals surface area contributed by atoms with Crippen molar-refractivity contribution in [1.82, 2.24) is 10.6 Å². The third-order valence-electron chi connectivity index (χ3n) is 4.63. The van der Waals surface area contributed by atoms with Gasteiger partial charge in [-0.2, -0.15) is 0 Å². The first-order valence-electron chi connectivity index (χ1n) is 9.02. The number of urea groups is 1. The zero-order valence-electron chi connectivity index (χ0n) is 14.5. The van der Waals surface area contributed by atoms with Gasteiger partial charge < -0.3 is 20.5 Å². The maximum absolute atomic E-state index is 12.1. The molecule has 2 fully saturated rings. The Morgan fingerprint density at radius 2 is 1.92 bits per heavy atom. The van der Waals surface area contributed by atoms with Crippen LogP contribution in [0.25, 0.3) is 0 Å². The standard InChI is InChI=1S/C19H28N2O3/c1-12(2)24-16-5-3-4-15(10-16)17(22)11-20-19(23)21-18(13-6-7-13)14-8-9-14/h3-5,10,12-14,17-18,22H,6-9,11H2,1-2H3,(H2,20,21,23). The minimum absolute atomic E-state index is 0.0862. The summed E-state index contributed by atoms with van der Waals surface area (Å²) in [5.41, 5.74) is 0.745. The Hall–Kier alpha value is -1.75. The van der Waals surface area contributed by atoms with Gasteiger partial charge in [0.15, 0.2) is 0 Å². The molecule has 132 valence electrons. The normalized spacial score (nSPS) is 18.5. The molecular formula is C19H28N2O3. The lowest BCUT2D eigenvalue weighted by atomic mass is 10.1. The van der Waals surface area contributed by atoms with Gasteiger partial charge in [-0.3, -0.25) is 0 Å². The summed E-state index contributed by atoms with van der Waals surface area (Å²) in [6.45, 7) is 4.12. The zero-order chi connectivity index (χ0) is 17.1. The van der Waals surface area contributed by atoms with E-state index in [1.165, 1.54) is 25.7 Å². The van der Waals surface area contributed by atoms with Crippen molar-refractivity contribution in [1.29, 1.82) is 0 Å². The molecule has 0 spiro atoms. The van der Waals surface area contributed by atoms with Gasteiger partial charge in [0, 0.05) is 12.6 Å². The fourth-order valence-corrected chi connectivity index (χ4v) is 3.11. The number of aliphatic hydroxyl groups is 1. The van der Waals surface area contributed by atoms with Crippen LogP contribution in [0.5, 0.6) is 5.75 Å². The van der Waals surface area contributed by atoms with Crippen LogP contribution >= 0.6 is 0 Å². The first-order chi connectivity index (χ1) is 11.5. The van der Waals surface area contributed by atoms with Crippen LogP contribution in [-0.4, -0.2) is 29.8 Å². The zero-order valence-corrected chi connectivity index (χ0v) is 14.5. The molecule has 5 nitrogen and oxygen atoms in total. The van der Waals surface area contributed by atoms with Crippen molar-refractivity contribution in [2.45, 2.75) is 57.8 Å². The highest BCUT2D eigenvalue weighted by Gasteiger charge is 2.42. The van der Waals surface area contributed by atoms with Gasteiger partial charge in [-0.15, -0.1) is 0 Å². The average molecular weight is 332 g/mol. The van der Waals surface area contributed by atoms with Crippen molar-refractivity contribution < 1.29 is 14.6 Å². The maximum Gasteiger partial charge on any atom is 0.315 e. The van der Waals surface area contributed by atoms with Gasteiger partial charge in [0.05, 0.1) is 12.2 Å². The number of rotatable bonds is 8. The fourth-order valence-electron chi connectivity index (χ4n) is 3.11. The van der Waals surface area contributed by atoms with Gasteiger partial charge in [0.25, 0.3) is 0 Å². The van der Waals surface area contributed by atoms with E-state index in [-0.39, 0.29) is 18.7 Å². The van der Waals surface area contributed by atoms with E-state index in [1.807, 2.05) is 38.1 Å². The first kappa shape index (κ1) is 17.1. The Balaban J connectivity index is 1.47. The Morgan fingerprint density at radius 1 is 1.25 bits per heavy atom. The molecular weight excluding hydrogens is 304 g/mol. The number of carbonyl (C=O) groups excluding carboxylic acids is 1. The molecule has 1 atom stereocenters. The Bertz CT molecular complexity index is 555. The van der Waals surface area contributed by atoms with Crippen molar-refractivity contribution >= 4 is 6.03 Å². The molecule has 2 saturated carbocycles. The lowest BCUT2D eigenvalue weighted by Crippen LogP contribution is -2.45. The van der Waals surface area contributed by atoms with E-state index in [2.05, 4.69) is 10.6 Å². The van der Waals surface area contributed by atoms with E-state index in [4.69, 9.17) is 4.74 Å². The number of benzene rings is 1. The van der Waals surface area contributed by atoms with Gasteiger partial charge in [0.2, 0.25) is 0 Å². The predicted molar refractivity (Wildman–Crippen MR) is 92.9 cm³/mol. The van der Waals surface area contributed by atoms with Crippen molar-refractivity contribution in [2.75, 3.05) is 6.54 Å². The van der Waals surface area contributed by atoms with Crippen LogP contribution in [0.3, 0.4) is 0 Å². The number of hydrogen-bond acceptors (Lipinski definition) is 3. The molecule has 2 aliphatic rings. The highest BCUT2D eigenvalue weighted by Crippen LogP contribution is 2.44. The molecule has 1 aromatic carbocycles. The fraction of sp³-hybridized carbons (Fsp3) is 0.632. The monoisotopic (exact) mass is 332 g/mol. The predicted octanol–water partition coefficient (Wildman–Crippen LogP) is 3.00. The summed E-state index contributed by atoms with van der Waals surface area (Å²) in [5.74, 6) is 2.06. The van der Waals surface area contributed by atoms with Crippen molar-refractivity contribution in [2.24, 2.45) is 11.8 Å². The van der Waals surface area contributed by atoms with Crippen molar-refractivity contribution in [3.63, 3.8) is 0 Å². The quantitative estimate of drug-likeness (QED) is 0.685. The van der Waals surface area contributed by atoms with Crippen LogP contribution in [0.1, 0.15) is 51.2 Å². The van der Waals surface area contributed by atoms with Crippen LogP contribution in [0.15, 0.2) is 24.3 Å². The highest BCUT2D eigenvalue weighted by atomic mass is 16.5. The molecule has 0 heterocycles. The topological polar surface area (TPSA) is 70.6 Å². The van der Waals surface area contributed by atoms with Crippen molar-refractivity contribution in [3.05, 3.63) is 29.8 Å². The van der Waals surface area contributed by atoms with E-state index in [9.17, 15) is 9.90 Å². The second kappa shape index (κ2) is 7.43. The molecule has 5 heteroatoms. The molecule has 0 radical (unpaired) electrons. The minimum atomic E-state index is -0.744. The highest BCUT2D eigenvalue weighted by molar-refractivity contribution is 5.74. The number of aliphatic hydroxyl groups excluding tert-OH is 1. The average Bonchev–Trinajstić information content (AvgIpc) is 3.43. The second-order valence-corrected chi connectivity index (χ2v) is 7.31. The lowest BCUT2D eigenvalue weighted by molar-refractivity contribution is 0.171. The number of carbonyl (C=O) groups is 1. The first-order valence-corrected chi connectivity index (χ1v) is 9.02. The molecule has 0 saturated heterocycles. The number of ether oxygens (including phenoxy) is 1. The van der Waals surface area contributed by atoms with Crippen LogP contribution in [-0.2, 0) is 0 Å². The molecule has 1 unspecified atom stereocenters. The van der Waals surface area contributed by atoms with Crippen LogP contribution in [0.4, 0.5) is 4.79 Å². The summed E-state index contributed by atoms with van der Waals surface area (Å²) in [7, 11) is 0. The van der Waals surface area contributed by atoms with Crippen LogP contribution < -0.4 is 15.4 Å². The molecule has 0 aliphatic heterocycles. The minimum Gasteiger partial charge on any atom is -0.491 e. The molecule has 3 rings (SSSR count). The molecule has 2 amide bonds. The smallest absolute Gasteiger partial charge is 0.315 e. The molecule has 2 aliphatic carbocycles. The molecule has 0 bridgehead atoms. The van der Waals surface area contributed by atoms with Crippen molar-refractivity contribution in [3.8, 4) is 5.75 Å². The summed E-state index contributed by atoms with van der Waals surface area (Å²) in [5, 5.41) is 16.2. The lowest BCUT2D eigenvalue weighted by Gasteiger charge is -2.19. The SMILES string of the molecule is CC(C)Oc1cccc(C(O)CNC(=O)NC(C2CC2)C2CC2)c1. The molecule has 0 aromatic heterocycles. The number of amides is 2. The number of nitrogens with one attached hydrogen (secondary N) is 2. The van der Waals surface area contributed by atoms with E-state index >= 15 is 0 Å².